The smallest absolute Gasteiger partial charge is 0.416 e. The number of amides is 2. The molecule has 1 heterocycles. The first-order valence-corrected chi connectivity index (χ1v) is 4.57. The molecule has 0 spiro atoms. The highest BCUT2D eigenvalue weighted by atomic mass is 19.4. The highest BCUT2D eigenvalue weighted by Crippen LogP contribution is 2.36. The molecule has 2 rings (SSSR count). The van der Waals surface area contributed by atoms with Crippen LogP contribution in [-0.4, -0.2) is 12.0 Å². The minimum Gasteiger partial charge on any atom is -0.431 e. The Labute approximate surface area is 93.4 Å². The van der Waals surface area contributed by atoms with Gasteiger partial charge in [-0.1, -0.05) is 18.2 Å². The van der Waals surface area contributed by atoms with E-state index in [2.05, 4.69) is 4.74 Å². The number of alkyl halides is 3. The van der Waals surface area contributed by atoms with Gasteiger partial charge < -0.3 is 4.74 Å². The standard InChI is InChI=1S/C10H6F3NO3/c11-10(12,13)6-4-2-1-3-5(6)7-8(15)14-9(16)17-7/h1-4,7H,(H,14,15,16). The van der Waals surface area contributed by atoms with Crippen LogP contribution in [0.4, 0.5) is 18.0 Å². The number of ether oxygens (including phenoxy) is 1. The number of nitrogens with one attached hydrogen (secondary N) is 1. The van der Waals surface area contributed by atoms with Gasteiger partial charge in [-0.25, -0.2) is 4.79 Å². The zero-order valence-corrected chi connectivity index (χ0v) is 8.25. The number of cyclic esters (lactones) is 1. The summed E-state index contributed by atoms with van der Waals surface area (Å²) in [6, 6.07) is 4.46. The molecule has 1 aromatic rings. The molecule has 4 nitrogen and oxygen atoms in total. The van der Waals surface area contributed by atoms with Crippen molar-refractivity contribution in [3.05, 3.63) is 35.4 Å². The number of rotatable bonds is 1. The first kappa shape index (κ1) is 11.4. The summed E-state index contributed by atoms with van der Waals surface area (Å²) in [5, 5.41) is 1.78. The number of halogens is 3. The van der Waals surface area contributed by atoms with Crippen LogP contribution in [0.3, 0.4) is 0 Å². The van der Waals surface area contributed by atoms with Gasteiger partial charge in [0.25, 0.3) is 5.91 Å². The largest absolute Gasteiger partial charge is 0.431 e. The Bertz CT molecular complexity index is 484. The SMILES string of the molecule is O=C1NC(=O)C(c2ccccc2C(F)(F)F)O1. The number of carbonyl (C=O) groups excluding carboxylic acids is 2. The lowest BCUT2D eigenvalue weighted by molar-refractivity contribution is -0.139. The molecule has 1 aliphatic heterocycles. The van der Waals surface area contributed by atoms with Gasteiger partial charge >= 0.3 is 12.3 Å². The molecular weight excluding hydrogens is 239 g/mol. The maximum absolute atomic E-state index is 12.7. The second-order valence-electron chi connectivity index (χ2n) is 3.36. The van der Waals surface area contributed by atoms with E-state index in [4.69, 9.17) is 0 Å². The van der Waals surface area contributed by atoms with Crippen LogP contribution in [0.1, 0.15) is 17.2 Å². The molecule has 0 radical (unpaired) electrons. The van der Waals surface area contributed by atoms with Crippen LogP contribution in [0.25, 0.3) is 0 Å². The average Bonchev–Trinajstić information content (AvgIpc) is 2.56. The van der Waals surface area contributed by atoms with E-state index >= 15 is 0 Å². The lowest BCUT2D eigenvalue weighted by atomic mass is 10.0. The maximum atomic E-state index is 12.7. The van der Waals surface area contributed by atoms with Gasteiger partial charge in [0.05, 0.1) is 5.56 Å². The van der Waals surface area contributed by atoms with E-state index in [1.165, 1.54) is 12.1 Å². The van der Waals surface area contributed by atoms with Crippen LogP contribution in [-0.2, 0) is 15.7 Å². The van der Waals surface area contributed by atoms with Crippen molar-refractivity contribution < 1.29 is 27.5 Å². The third-order valence-electron chi connectivity index (χ3n) is 2.24. The number of imide groups is 1. The molecule has 1 atom stereocenters. The van der Waals surface area contributed by atoms with Gasteiger partial charge in [-0.05, 0) is 6.07 Å². The number of benzene rings is 1. The fourth-order valence-corrected chi connectivity index (χ4v) is 1.54. The molecular formula is C10H6F3NO3. The van der Waals surface area contributed by atoms with Crippen LogP contribution in [0.2, 0.25) is 0 Å². The van der Waals surface area contributed by atoms with Gasteiger partial charge in [-0.3, -0.25) is 10.1 Å². The zero-order valence-electron chi connectivity index (χ0n) is 8.25. The summed E-state index contributed by atoms with van der Waals surface area (Å²) in [5.74, 6) is -0.897. The van der Waals surface area contributed by atoms with Crippen molar-refractivity contribution in [3.8, 4) is 0 Å². The summed E-state index contributed by atoms with van der Waals surface area (Å²) < 4.78 is 42.5. The van der Waals surface area contributed by atoms with Crippen molar-refractivity contribution in [2.75, 3.05) is 0 Å². The van der Waals surface area contributed by atoms with Crippen LogP contribution >= 0.6 is 0 Å². The highest BCUT2D eigenvalue weighted by Gasteiger charge is 2.41. The zero-order chi connectivity index (χ0) is 12.6. The molecule has 0 saturated carbocycles. The van der Waals surface area contributed by atoms with Crippen molar-refractivity contribution in [2.24, 2.45) is 0 Å². The Hall–Kier alpha value is -2.05. The average molecular weight is 245 g/mol. The molecule has 1 saturated heterocycles. The first-order chi connectivity index (χ1) is 7.89. The summed E-state index contributed by atoms with van der Waals surface area (Å²) in [4.78, 5) is 22.0. The van der Waals surface area contributed by atoms with Crippen LogP contribution in [0.5, 0.6) is 0 Å². The number of carbonyl (C=O) groups is 2. The van der Waals surface area contributed by atoms with E-state index in [1.54, 1.807) is 5.32 Å². The fourth-order valence-electron chi connectivity index (χ4n) is 1.54. The van der Waals surface area contributed by atoms with Gasteiger partial charge in [0, 0.05) is 5.56 Å². The molecule has 90 valence electrons. The van der Waals surface area contributed by atoms with E-state index in [0.29, 0.717) is 0 Å². The third-order valence-corrected chi connectivity index (χ3v) is 2.24. The molecule has 0 aliphatic carbocycles. The van der Waals surface area contributed by atoms with Crippen molar-refractivity contribution >= 4 is 12.0 Å². The summed E-state index contributed by atoms with van der Waals surface area (Å²) in [6.07, 6.45) is -7.19. The van der Waals surface area contributed by atoms with Crippen molar-refractivity contribution in [2.45, 2.75) is 12.3 Å². The number of hydrogen-bond acceptors (Lipinski definition) is 3. The van der Waals surface area contributed by atoms with Gasteiger partial charge in [-0.2, -0.15) is 13.2 Å². The Morgan fingerprint density at radius 1 is 1.18 bits per heavy atom. The van der Waals surface area contributed by atoms with E-state index in [1.807, 2.05) is 0 Å². The van der Waals surface area contributed by atoms with Gasteiger partial charge in [-0.15, -0.1) is 0 Å². The van der Waals surface area contributed by atoms with Crippen LogP contribution in [0, 0.1) is 0 Å². The predicted molar refractivity (Wildman–Crippen MR) is 48.8 cm³/mol. The van der Waals surface area contributed by atoms with Crippen molar-refractivity contribution in [3.63, 3.8) is 0 Å². The van der Waals surface area contributed by atoms with Crippen LogP contribution < -0.4 is 5.32 Å². The Kier molecular flexibility index (Phi) is 2.53. The Morgan fingerprint density at radius 2 is 1.82 bits per heavy atom. The van der Waals surface area contributed by atoms with E-state index in [0.717, 1.165) is 12.1 Å². The summed E-state index contributed by atoms with van der Waals surface area (Å²) in [6.45, 7) is 0. The summed E-state index contributed by atoms with van der Waals surface area (Å²) >= 11 is 0. The lowest BCUT2D eigenvalue weighted by Crippen LogP contribution is -2.22. The number of alkyl carbamates (subject to hydrolysis) is 1. The Balaban J connectivity index is 2.46. The topological polar surface area (TPSA) is 55.4 Å². The molecule has 1 N–H and O–H groups in total. The lowest BCUT2D eigenvalue weighted by Gasteiger charge is -2.14. The quantitative estimate of drug-likeness (QED) is 0.823. The molecule has 2 amide bonds. The van der Waals surface area contributed by atoms with Gasteiger partial charge in [0.15, 0.2) is 0 Å². The molecule has 1 fully saturated rings. The van der Waals surface area contributed by atoms with Crippen LogP contribution in [0.15, 0.2) is 24.3 Å². The minimum atomic E-state index is -4.61. The number of hydrogen-bond donors (Lipinski definition) is 1. The predicted octanol–water partition coefficient (Wildman–Crippen LogP) is 2.01. The monoisotopic (exact) mass is 245 g/mol. The second-order valence-corrected chi connectivity index (χ2v) is 3.36. The summed E-state index contributed by atoms with van der Waals surface area (Å²) in [5.41, 5.74) is -1.36. The highest BCUT2D eigenvalue weighted by molar-refractivity contribution is 6.00. The normalized spacial score (nSPS) is 20.1. The molecule has 0 bridgehead atoms. The third kappa shape index (κ3) is 2.08. The van der Waals surface area contributed by atoms with Crippen molar-refractivity contribution in [1.82, 2.24) is 5.32 Å². The second kappa shape index (κ2) is 3.76. The Morgan fingerprint density at radius 3 is 2.35 bits per heavy atom. The van der Waals surface area contributed by atoms with Gasteiger partial charge in [0.1, 0.15) is 0 Å². The van der Waals surface area contributed by atoms with E-state index < -0.39 is 29.8 Å². The fraction of sp³-hybridized carbons (Fsp3) is 0.200. The maximum Gasteiger partial charge on any atom is 0.416 e. The minimum absolute atomic E-state index is 0.372. The molecule has 1 aliphatic rings. The summed E-state index contributed by atoms with van der Waals surface area (Å²) in [7, 11) is 0. The van der Waals surface area contributed by atoms with Gasteiger partial charge in [0.2, 0.25) is 6.10 Å². The van der Waals surface area contributed by atoms with E-state index in [-0.39, 0.29) is 5.56 Å². The molecule has 0 aromatic heterocycles. The first-order valence-electron chi connectivity index (χ1n) is 4.57. The molecule has 1 unspecified atom stereocenters. The molecule has 7 heteroatoms. The molecule has 1 aromatic carbocycles. The van der Waals surface area contributed by atoms with Crippen molar-refractivity contribution in [1.29, 1.82) is 0 Å². The van der Waals surface area contributed by atoms with E-state index in [9.17, 15) is 22.8 Å². The molecule has 17 heavy (non-hydrogen) atoms.